The molecule has 0 saturated carbocycles. The first-order chi connectivity index (χ1) is 22.8. The Morgan fingerprint density at radius 2 is 1.38 bits per heavy atom. The van der Waals surface area contributed by atoms with Crippen molar-refractivity contribution in [1.29, 1.82) is 0 Å². The Balaban J connectivity index is 1.33. The Kier molecular flexibility index (Phi) is 9.45. The van der Waals surface area contributed by atoms with Gasteiger partial charge in [-0.15, -0.1) is 0 Å². The summed E-state index contributed by atoms with van der Waals surface area (Å²) in [7, 11) is 0. The highest BCUT2D eigenvalue weighted by Crippen LogP contribution is 2.34. The summed E-state index contributed by atoms with van der Waals surface area (Å²) in [6.07, 6.45) is 0. The standard InChI is InChI=1S/C40H38N2O5/c1-5-42(6-2)18-19-45-32-16-17-33-36(24-32)41-35-23-30-15-11-10-14-29(30)22-34(35)37(33)40(44)47-38-26(3)20-31(21-27(38)4)39(43)46-25-28-12-8-7-9-13-28/h7-17,20-24H,5-6,18-19,25H2,1-4H3. The number of pyridine rings is 1. The molecule has 1 heterocycles. The lowest BCUT2D eigenvalue weighted by atomic mass is 9.99. The van der Waals surface area contributed by atoms with Crippen LogP contribution >= 0.6 is 0 Å². The Bertz CT molecular complexity index is 2060. The fraction of sp³-hybridized carbons (Fsp3) is 0.225. The number of carbonyl (C=O) groups is 2. The third kappa shape index (κ3) is 6.95. The van der Waals surface area contributed by atoms with E-state index in [-0.39, 0.29) is 6.61 Å². The number of carbonyl (C=O) groups excluding carboxylic acids is 2. The molecule has 238 valence electrons. The lowest BCUT2D eigenvalue weighted by Gasteiger charge is -2.18. The second-order valence-electron chi connectivity index (χ2n) is 11.6. The zero-order valence-corrected chi connectivity index (χ0v) is 27.2. The molecule has 47 heavy (non-hydrogen) atoms. The van der Waals surface area contributed by atoms with Crippen LogP contribution in [0, 0.1) is 13.8 Å². The molecule has 0 radical (unpaired) electrons. The monoisotopic (exact) mass is 626 g/mol. The molecule has 0 unspecified atom stereocenters. The average Bonchev–Trinajstić information content (AvgIpc) is 3.09. The summed E-state index contributed by atoms with van der Waals surface area (Å²) < 4.78 is 17.8. The van der Waals surface area contributed by atoms with E-state index < -0.39 is 11.9 Å². The second-order valence-corrected chi connectivity index (χ2v) is 11.6. The molecule has 0 spiro atoms. The van der Waals surface area contributed by atoms with Crippen molar-refractivity contribution in [1.82, 2.24) is 9.88 Å². The highest BCUT2D eigenvalue weighted by Gasteiger charge is 2.22. The summed E-state index contributed by atoms with van der Waals surface area (Å²) in [5.41, 5.74) is 4.37. The van der Waals surface area contributed by atoms with Crippen LogP contribution in [0.1, 0.15) is 51.3 Å². The van der Waals surface area contributed by atoms with Gasteiger partial charge in [-0.25, -0.2) is 14.6 Å². The van der Waals surface area contributed by atoms with Gasteiger partial charge in [-0.2, -0.15) is 0 Å². The number of aromatic nitrogens is 1. The first kappa shape index (κ1) is 31.7. The Morgan fingerprint density at radius 1 is 0.723 bits per heavy atom. The van der Waals surface area contributed by atoms with Gasteiger partial charge in [-0.1, -0.05) is 68.4 Å². The molecule has 0 N–H and O–H groups in total. The van der Waals surface area contributed by atoms with Gasteiger partial charge < -0.3 is 19.1 Å². The van der Waals surface area contributed by atoms with Gasteiger partial charge in [0.2, 0.25) is 0 Å². The first-order valence-electron chi connectivity index (χ1n) is 16.0. The fourth-order valence-electron chi connectivity index (χ4n) is 5.93. The molecule has 7 heteroatoms. The average molecular weight is 627 g/mol. The molecular formula is C40H38N2O5. The molecule has 0 fully saturated rings. The molecule has 0 bridgehead atoms. The molecule has 6 aromatic rings. The predicted octanol–water partition coefficient (Wildman–Crippen LogP) is 8.45. The quantitative estimate of drug-likeness (QED) is 0.0811. The minimum absolute atomic E-state index is 0.175. The van der Waals surface area contributed by atoms with Crippen LogP contribution in [0.15, 0.2) is 97.1 Å². The van der Waals surface area contributed by atoms with Crippen LogP contribution in [-0.4, -0.2) is 48.1 Å². The van der Waals surface area contributed by atoms with E-state index in [9.17, 15) is 9.59 Å². The van der Waals surface area contributed by atoms with Crippen LogP contribution in [0.4, 0.5) is 0 Å². The van der Waals surface area contributed by atoms with E-state index in [2.05, 4.69) is 18.7 Å². The van der Waals surface area contributed by atoms with Crippen molar-refractivity contribution < 1.29 is 23.8 Å². The van der Waals surface area contributed by atoms with E-state index in [0.717, 1.165) is 36.0 Å². The normalized spacial score (nSPS) is 11.3. The van der Waals surface area contributed by atoms with Gasteiger partial charge in [-0.3, -0.25) is 0 Å². The van der Waals surface area contributed by atoms with Crippen LogP contribution in [0.5, 0.6) is 11.5 Å². The number of ether oxygens (including phenoxy) is 3. The lowest BCUT2D eigenvalue weighted by Crippen LogP contribution is -2.27. The minimum Gasteiger partial charge on any atom is -0.492 e. The van der Waals surface area contributed by atoms with Crippen LogP contribution in [0.2, 0.25) is 0 Å². The number of nitrogens with zero attached hydrogens (tertiary/aromatic N) is 2. The van der Waals surface area contributed by atoms with Crippen molar-refractivity contribution in [3.05, 3.63) is 125 Å². The Labute approximate surface area is 274 Å². The topological polar surface area (TPSA) is 78.0 Å². The van der Waals surface area contributed by atoms with Crippen LogP contribution in [-0.2, 0) is 11.3 Å². The summed E-state index contributed by atoms with van der Waals surface area (Å²) in [6.45, 7) is 11.4. The molecule has 0 saturated heterocycles. The number of rotatable bonds is 11. The first-order valence-corrected chi connectivity index (χ1v) is 16.0. The van der Waals surface area contributed by atoms with Crippen molar-refractivity contribution in [3.8, 4) is 11.5 Å². The number of likely N-dealkylation sites (N-methyl/N-ethyl adjacent to an activating group) is 1. The molecule has 0 aliphatic heterocycles. The van der Waals surface area contributed by atoms with E-state index in [1.165, 1.54) is 0 Å². The number of hydrogen-bond acceptors (Lipinski definition) is 7. The highest BCUT2D eigenvalue weighted by molar-refractivity contribution is 6.17. The Morgan fingerprint density at radius 3 is 2.09 bits per heavy atom. The van der Waals surface area contributed by atoms with E-state index in [1.807, 2.05) is 98.8 Å². The molecule has 0 aliphatic carbocycles. The summed E-state index contributed by atoms with van der Waals surface area (Å²) in [6, 6.07) is 30.6. The number of hydrogen-bond donors (Lipinski definition) is 0. The summed E-state index contributed by atoms with van der Waals surface area (Å²) >= 11 is 0. The Hall–Kier alpha value is -5.27. The zero-order valence-electron chi connectivity index (χ0n) is 27.2. The highest BCUT2D eigenvalue weighted by atomic mass is 16.5. The van der Waals surface area contributed by atoms with Crippen LogP contribution in [0.3, 0.4) is 0 Å². The number of benzene rings is 5. The van der Waals surface area contributed by atoms with E-state index >= 15 is 0 Å². The molecular weight excluding hydrogens is 588 g/mol. The third-order valence-corrected chi connectivity index (χ3v) is 8.49. The number of fused-ring (bicyclic) bond motifs is 3. The van der Waals surface area contributed by atoms with Gasteiger partial charge in [0, 0.05) is 23.4 Å². The van der Waals surface area contributed by atoms with Gasteiger partial charge in [0.25, 0.3) is 0 Å². The molecule has 7 nitrogen and oxygen atoms in total. The lowest BCUT2D eigenvalue weighted by molar-refractivity contribution is 0.0472. The van der Waals surface area contributed by atoms with Crippen molar-refractivity contribution in [2.45, 2.75) is 34.3 Å². The predicted molar refractivity (Wildman–Crippen MR) is 186 cm³/mol. The van der Waals surface area contributed by atoms with Crippen molar-refractivity contribution >= 4 is 44.5 Å². The van der Waals surface area contributed by atoms with Crippen molar-refractivity contribution in [2.24, 2.45) is 0 Å². The van der Waals surface area contributed by atoms with Gasteiger partial charge in [0.15, 0.2) is 0 Å². The van der Waals surface area contributed by atoms with Crippen LogP contribution < -0.4 is 9.47 Å². The van der Waals surface area contributed by atoms with Crippen molar-refractivity contribution in [2.75, 3.05) is 26.2 Å². The van der Waals surface area contributed by atoms with Gasteiger partial charge in [0.1, 0.15) is 24.7 Å². The molecule has 0 amide bonds. The second kappa shape index (κ2) is 14.0. The minimum atomic E-state index is -0.501. The van der Waals surface area contributed by atoms with E-state index in [4.69, 9.17) is 19.2 Å². The fourth-order valence-corrected chi connectivity index (χ4v) is 5.93. The molecule has 6 rings (SSSR count). The molecule has 0 aliphatic rings. The van der Waals surface area contributed by atoms with Crippen molar-refractivity contribution in [3.63, 3.8) is 0 Å². The molecule has 5 aromatic carbocycles. The van der Waals surface area contributed by atoms with E-state index in [1.54, 1.807) is 12.1 Å². The summed E-state index contributed by atoms with van der Waals surface area (Å²) in [5, 5.41) is 3.40. The number of aryl methyl sites for hydroxylation is 2. The maximum atomic E-state index is 14.2. The zero-order chi connectivity index (χ0) is 32.9. The van der Waals surface area contributed by atoms with Gasteiger partial charge in [-0.05, 0) is 90.8 Å². The molecule has 0 atom stereocenters. The maximum absolute atomic E-state index is 14.2. The smallest absolute Gasteiger partial charge is 0.344 e. The van der Waals surface area contributed by atoms with Crippen LogP contribution in [0.25, 0.3) is 32.6 Å². The molecule has 1 aromatic heterocycles. The SMILES string of the molecule is CCN(CC)CCOc1ccc2c(C(=O)Oc3c(C)cc(C(=O)OCc4ccccc4)cc3C)c3cc4ccccc4cc3nc2c1. The maximum Gasteiger partial charge on any atom is 0.344 e. The third-order valence-electron chi connectivity index (χ3n) is 8.49. The summed E-state index contributed by atoms with van der Waals surface area (Å²) in [5.74, 6) is 0.160. The summed E-state index contributed by atoms with van der Waals surface area (Å²) in [4.78, 5) is 34.3. The van der Waals surface area contributed by atoms with E-state index in [0.29, 0.717) is 62.2 Å². The largest absolute Gasteiger partial charge is 0.492 e. The van der Waals surface area contributed by atoms with Gasteiger partial charge >= 0.3 is 11.9 Å². The number of esters is 2. The van der Waals surface area contributed by atoms with Gasteiger partial charge in [0.05, 0.1) is 22.2 Å².